The number of benzene rings is 10. The summed E-state index contributed by atoms with van der Waals surface area (Å²) in [6, 6.07) is 79.6. The van der Waals surface area contributed by atoms with Crippen molar-refractivity contribution in [2.45, 2.75) is 24.7 Å². The molecule has 0 aliphatic heterocycles. The molecule has 3 aliphatic rings. The molecule has 3 aliphatic carbocycles. The highest BCUT2D eigenvalue weighted by atomic mass is 15.1. The molecule has 61 heavy (non-hydrogen) atoms. The van der Waals surface area contributed by atoms with Crippen LogP contribution in [-0.4, -0.2) is 0 Å². The second-order valence-corrected chi connectivity index (χ2v) is 17.6. The molecule has 0 saturated carbocycles. The molecule has 0 unspecified atom stereocenters. The SMILES string of the molecule is CC1(C)c2ccccc2-c2c3c(cc(-c4ccc(N(c5ccc6ccccc6c5)c5ccc6ccccc6c5)cc4)c21)C1(c2ccccc2-c2ccccc21)c1ccccc1-3. The number of nitrogens with zero attached hydrogens (tertiary/aromatic N) is 1. The minimum atomic E-state index is -0.437. The van der Waals surface area contributed by atoms with E-state index in [1.165, 1.54) is 99.4 Å². The lowest BCUT2D eigenvalue weighted by Crippen LogP contribution is -2.26. The summed E-state index contributed by atoms with van der Waals surface area (Å²) >= 11 is 0. The number of hydrogen-bond acceptors (Lipinski definition) is 1. The van der Waals surface area contributed by atoms with E-state index < -0.39 is 5.41 Å². The van der Waals surface area contributed by atoms with Gasteiger partial charge in [-0.2, -0.15) is 0 Å². The first kappa shape index (κ1) is 34.4. The molecule has 0 heterocycles. The standard InChI is InChI=1S/C60H41N/c1-59(2)51-23-11-9-21-48(51)57-56-49-22-10-14-26-54(49)60(52-24-12-7-19-46(52)47-20-8-13-25-53(47)60)55(56)37-50(58(57)59)40-29-31-43(32-30-40)61(44-33-27-38-15-3-5-17-41(38)35-44)45-34-28-39-16-4-6-18-42(39)36-45/h3-37H,1-2H3. The van der Waals surface area contributed by atoms with Crippen LogP contribution in [0.5, 0.6) is 0 Å². The molecule has 10 aromatic carbocycles. The fourth-order valence-corrected chi connectivity index (χ4v) is 11.6. The van der Waals surface area contributed by atoms with Gasteiger partial charge in [0, 0.05) is 22.5 Å². The lowest BCUT2D eigenvalue weighted by molar-refractivity contribution is 0.661. The van der Waals surface area contributed by atoms with E-state index in [0.29, 0.717) is 0 Å². The molecule has 1 nitrogen and oxygen atoms in total. The van der Waals surface area contributed by atoms with Crippen LogP contribution in [0, 0.1) is 0 Å². The number of fused-ring (bicyclic) bond motifs is 16. The minimum absolute atomic E-state index is 0.215. The molecule has 0 fully saturated rings. The molecule has 0 aromatic heterocycles. The van der Waals surface area contributed by atoms with Gasteiger partial charge in [-0.25, -0.2) is 0 Å². The molecule has 1 heteroatoms. The average Bonchev–Trinajstić information content (AvgIpc) is 3.88. The van der Waals surface area contributed by atoms with Crippen LogP contribution in [0.3, 0.4) is 0 Å². The first-order valence-electron chi connectivity index (χ1n) is 21.5. The van der Waals surface area contributed by atoms with E-state index in [1.54, 1.807) is 0 Å². The molecule has 286 valence electrons. The molecule has 0 atom stereocenters. The third kappa shape index (κ3) is 4.61. The average molecular weight is 776 g/mol. The van der Waals surface area contributed by atoms with Crippen molar-refractivity contribution in [3.63, 3.8) is 0 Å². The van der Waals surface area contributed by atoms with Crippen LogP contribution in [0.25, 0.3) is 66.1 Å². The van der Waals surface area contributed by atoms with Crippen LogP contribution in [-0.2, 0) is 10.8 Å². The fourth-order valence-electron chi connectivity index (χ4n) is 11.6. The van der Waals surface area contributed by atoms with Gasteiger partial charge in [0.15, 0.2) is 0 Å². The molecule has 0 N–H and O–H groups in total. The maximum absolute atomic E-state index is 2.60. The molecule has 13 rings (SSSR count). The minimum Gasteiger partial charge on any atom is -0.310 e. The van der Waals surface area contributed by atoms with Crippen molar-refractivity contribution in [1.82, 2.24) is 0 Å². The number of anilines is 3. The maximum Gasteiger partial charge on any atom is 0.0725 e. The first-order valence-corrected chi connectivity index (χ1v) is 21.5. The maximum atomic E-state index is 2.60. The van der Waals surface area contributed by atoms with Crippen LogP contribution >= 0.6 is 0 Å². The summed E-state index contributed by atoms with van der Waals surface area (Å²) in [6.45, 7) is 4.86. The third-order valence-electron chi connectivity index (χ3n) is 14.2. The van der Waals surface area contributed by atoms with E-state index in [4.69, 9.17) is 0 Å². The van der Waals surface area contributed by atoms with Gasteiger partial charge in [0.2, 0.25) is 0 Å². The largest absolute Gasteiger partial charge is 0.310 e. The lowest BCUT2D eigenvalue weighted by atomic mass is 9.69. The number of hydrogen-bond donors (Lipinski definition) is 0. The van der Waals surface area contributed by atoms with Crippen molar-refractivity contribution in [2.75, 3.05) is 4.90 Å². The van der Waals surface area contributed by atoms with Crippen LogP contribution < -0.4 is 4.90 Å². The van der Waals surface area contributed by atoms with Gasteiger partial charge in [-0.3, -0.25) is 0 Å². The van der Waals surface area contributed by atoms with Gasteiger partial charge >= 0.3 is 0 Å². The van der Waals surface area contributed by atoms with E-state index in [9.17, 15) is 0 Å². The van der Waals surface area contributed by atoms with E-state index >= 15 is 0 Å². The van der Waals surface area contributed by atoms with Crippen molar-refractivity contribution < 1.29 is 0 Å². The van der Waals surface area contributed by atoms with Crippen LogP contribution in [0.2, 0.25) is 0 Å². The molecule has 0 saturated heterocycles. The first-order chi connectivity index (χ1) is 30.0. The van der Waals surface area contributed by atoms with Crippen molar-refractivity contribution in [3.8, 4) is 44.5 Å². The van der Waals surface area contributed by atoms with Crippen molar-refractivity contribution >= 4 is 38.6 Å². The van der Waals surface area contributed by atoms with Gasteiger partial charge in [0.05, 0.1) is 5.41 Å². The molecule has 0 amide bonds. The van der Waals surface area contributed by atoms with E-state index in [-0.39, 0.29) is 5.41 Å². The second-order valence-electron chi connectivity index (χ2n) is 17.6. The topological polar surface area (TPSA) is 3.24 Å². The quantitative estimate of drug-likeness (QED) is 0.172. The summed E-state index contributed by atoms with van der Waals surface area (Å²) in [6.07, 6.45) is 0. The smallest absolute Gasteiger partial charge is 0.0725 e. The molecular formula is C60H41N. The Morgan fingerprint density at radius 3 is 1.30 bits per heavy atom. The second kappa shape index (κ2) is 12.5. The van der Waals surface area contributed by atoms with E-state index in [1.807, 2.05) is 0 Å². The Labute approximate surface area is 356 Å². The van der Waals surface area contributed by atoms with Crippen molar-refractivity contribution in [2.24, 2.45) is 0 Å². The zero-order chi connectivity index (χ0) is 40.5. The Hall–Kier alpha value is -7.48. The summed E-state index contributed by atoms with van der Waals surface area (Å²) in [4.78, 5) is 2.41. The predicted octanol–water partition coefficient (Wildman–Crippen LogP) is 15.8. The van der Waals surface area contributed by atoms with Gasteiger partial charge < -0.3 is 4.90 Å². The summed E-state index contributed by atoms with van der Waals surface area (Å²) in [7, 11) is 0. The molecule has 0 bridgehead atoms. The van der Waals surface area contributed by atoms with Crippen molar-refractivity contribution in [1.29, 1.82) is 0 Å². The predicted molar refractivity (Wildman–Crippen MR) is 255 cm³/mol. The summed E-state index contributed by atoms with van der Waals surface area (Å²) in [5.41, 5.74) is 21.7. The van der Waals surface area contributed by atoms with E-state index in [0.717, 1.165) is 17.1 Å². The Balaban J connectivity index is 1.07. The normalized spacial score (nSPS) is 14.3. The fraction of sp³-hybridized carbons (Fsp3) is 0.0667. The molecular weight excluding hydrogens is 735 g/mol. The summed E-state index contributed by atoms with van der Waals surface area (Å²) in [5.74, 6) is 0. The Morgan fingerprint density at radius 2 is 0.738 bits per heavy atom. The van der Waals surface area contributed by atoms with E-state index in [2.05, 4.69) is 231 Å². The van der Waals surface area contributed by atoms with Crippen LogP contribution in [0.4, 0.5) is 17.1 Å². The van der Waals surface area contributed by atoms with Gasteiger partial charge in [0.1, 0.15) is 0 Å². The zero-order valence-electron chi connectivity index (χ0n) is 34.2. The Kier molecular flexibility index (Phi) is 7.06. The Morgan fingerprint density at radius 1 is 0.311 bits per heavy atom. The van der Waals surface area contributed by atoms with Gasteiger partial charge in [-0.05, 0) is 142 Å². The Bertz CT molecular complexity index is 3330. The van der Waals surface area contributed by atoms with Crippen molar-refractivity contribution in [3.05, 3.63) is 246 Å². The molecule has 1 spiro atoms. The zero-order valence-corrected chi connectivity index (χ0v) is 34.2. The molecule has 10 aromatic rings. The summed E-state index contributed by atoms with van der Waals surface area (Å²) in [5, 5.41) is 4.92. The third-order valence-corrected chi connectivity index (χ3v) is 14.2. The highest BCUT2D eigenvalue weighted by Gasteiger charge is 2.54. The van der Waals surface area contributed by atoms with Crippen LogP contribution in [0.1, 0.15) is 47.2 Å². The van der Waals surface area contributed by atoms with Crippen LogP contribution in [0.15, 0.2) is 212 Å². The van der Waals surface area contributed by atoms with Gasteiger partial charge in [0.25, 0.3) is 0 Å². The molecule has 0 radical (unpaired) electrons. The lowest BCUT2D eigenvalue weighted by Gasteiger charge is -2.32. The monoisotopic (exact) mass is 775 g/mol. The van der Waals surface area contributed by atoms with Gasteiger partial charge in [-0.1, -0.05) is 184 Å². The number of rotatable bonds is 4. The summed E-state index contributed by atoms with van der Waals surface area (Å²) < 4.78 is 0. The highest BCUT2D eigenvalue weighted by Crippen LogP contribution is 2.67. The van der Waals surface area contributed by atoms with Gasteiger partial charge in [-0.15, -0.1) is 0 Å². The highest BCUT2D eigenvalue weighted by molar-refractivity contribution is 6.06.